The molecule has 5 heteroatoms. The van der Waals surface area contributed by atoms with Crippen LogP contribution in [-0.4, -0.2) is 45.7 Å². The van der Waals surface area contributed by atoms with E-state index < -0.39 is 0 Å². The van der Waals surface area contributed by atoms with E-state index in [1.165, 1.54) is 12.8 Å². The number of rotatable bonds is 12. The van der Waals surface area contributed by atoms with Crippen molar-refractivity contribution in [3.8, 4) is 0 Å². The molecule has 0 atom stereocenters. The minimum atomic E-state index is -0.382. The Hall–Kier alpha value is -0.810. The monoisotopic (exact) mass is 317 g/mol. The first-order valence-electron chi connectivity index (χ1n) is 8.37. The molecule has 132 valence electrons. The van der Waals surface area contributed by atoms with Gasteiger partial charge in [0.15, 0.2) is 0 Å². The highest BCUT2D eigenvalue weighted by Crippen LogP contribution is 2.21. The van der Waals surface area contributed by atoms with E-state index in [0.717, 1.165) is 13.0 Å². The number of carbonyl (C=O) groups excluding carboxylic acids is 1. The first kappa shape index (κ1) is 21.2. The molecule has 0 saturated carbocycles. The van der Waals surface area contributed by atoms with Crippen LogP contribution >= 0.6 is 0 Å². The fourth-order valence-electron chi connectivity index (χ4n) is 1.71. The summed E-state index contributed by atoms with van der Waals surface area (Å²) in [5.41, 5.74) is 0.407. The second-order valence-corrected chi connectivity index (χ2v) is 7.15. The lowest BCUT2D eigenvalue weighted by Crippen LogP contribution is -2.29. The summed E-state index contributed by atoms with van der Waals surface area (Å²) in [6, 6.07) is 0. The summed E-state index contributed by atoms with van der Waals surface area (Å²) < 4.78 is 15.8. The lowest BCUT2D eigenvalue weighted by Gasteiger charge is -2.17. The van der Waals surface area contributed by atoms with E-state index in [4.69, 9.17) is 14.2 Å². The third kappa shape index (κ3) is 17.2. The Balaban J connectivity index is 3.19. The summed E-state index contributed by atoms with van der Waals surface area (Å²) in [5, 5.41) is 2.68. The second kappa shape index (κ2) is 12.7. The summed E-state index contributed by atoms with van der Waals surface area (Å²) in [4.78, 5) is 11.2. The first-order chi connectivity index (χ1) is 10.3. The second-order valence-electron chi connectivity index (χ2n) is 7.15. The van der Waals surface area contributed by atoms with Gasteiger partial charge in [-0.05, 0) is 24.2 Å². The minimum Gasteiger partial charge on any atom is -0.447 e. The number of unbranched alkanes of at least 4 members (excludes halogenated alkanes) is 1. The smallest absolute Gasteiger partial charge is 0.407 e. The van der Waals surface area contributed by atoms with Gasteiger partial charge < -0.3 is 19.5 Å². The molecule has 0 unspecified atom stereocenters. The van der Waals surface area contributed by atoms with Gasteiger partial charge in [0, 0.05) is 13.2 Å². The molecular weight excluding hydrogens is 282 g/mol. The van der Waals surface area contributed by atoms with Gasteiger partial charge in [0.25, 0.3) is 0 Å². The maximum Gasteiger partial charge on any atom is 0.407 e. The number of alkyl carbamates (subject to hydrolysis) is 1. The molecule has 0 aromatic heterocycles. The summed E-state index contributed by atoms with van der Waals surface area (Å²) >= 11 is 0. The maximum absolute atomic E-state index is 11.2. The normalized spacial score (nSPS) is 11.7. The highest BCUT2D eigenvalue weighted by atomic mass is 16.6. The number of amides is 1. The Labute approximate surface area is 136 Å². The van der Waals surface area contributed by atoms with Crippen LogP contribution in [0.4, 0.5) is 4.79 Å². The van der Waals surface area contributed by atoms with E-state index in [1.807, 2.05) is 13.8 Å². The molecule has 0 aromatic carbocycles. The Kier molecular flexibility index (Phi) is 12.2. The molecule has 0 aromatic rings. The molecule has 1 N–H and O–H groups in total. The minimum absolute atomic E-state index is 0.273. The van der Waals surface area contributed by atoms with Crippen molar-refractivity contribution >= 4 is 6.09 Å². The molecular formula is C17H35NO4. The summed E-state index contributed by atoms with van der Waals surface area (Å²) in [5.74, 6) is 0.421. The topological polar surface area (TPSA) is 56.8 Å². The first-order valence-corrected chi connectivity index (χ1v) is 8.37. The number of hydrogen-bond donors (Lipinski definition) is 1. The van der Waals surface area contributed by atoms with Crippen molar-refractivity contribution in [2.75, 3.05) is 39.6 Å². The third-order valence-electron chi connectivity index (χ3n) is 2.95. The number of carbonyl (C=O) groups is 1. The average Bonchev–Trinajstić information content (AvgIpc) is 2.41. The van der Waals surface area contributed by atoms with Gasteiger partial charge in [-0.3, -0.25) is 0 Å². The molecule has 5 nitrogen and oxygen atoms in total. The summed E-state index contributed by atoms with van der Waals surface area (Å²) in [6.45, 7) is 14.1. The Morgan fingerprint density at radius 3 is 2.14 bits per heavy atom. The molecule has 0 rings (SSSR count). The van der Waals surface area contributed by atoms with E-state index in [9.17, 15) is 4.79 Å². The third-order valence-corrected chi connectivity index (χ3v) is 2.95. The molecule has 0 heterocycles. The molecule has 0 saturated heterocycles. The van der Waals surface area contributed by atoms with E-state index >= 15 is 0 Å². The van der Waals surface area contributed by atoms with Crippen LogP contribution in [0.3, 0.4) is 0 Å². The Morgan fingerprint density at radius 1 is 0.955 bits per heavy atom. The quantitative estimate of drug-likeness (QED) is 0.559. The van der Waals surface area contributed by atoms with Crippen molar-refractivity contribution in [3.63, 3.8) is 0 Å². The van der Waals surface area contributed by atoms with Crippen molar-refractivity contribution in [3.05, 3.63) is 0 Å². The molecule has 0 aliphatic rings. The van der Waals surface area contributed by atoms with Gasteiger partial charge in [-0.2, -0.15) is 0 Å². The highest BCUT2D eigenvalue weighted by Gasteiger charge is 2.08. The highest BCUT2D eigenvalue weighted by molar-refractivity contribution is 5.67. The zero-order chi connectivity index (χ0) is 16.8. The number of ether oxygens (including phenoxy) is 3. The summed E-state index contributed by atoms with van der Waals surface area (Å²) in [6.07, 6.45) is 3.13. The molecule has 0 fully saturated rings. The number of nitrogens with one attached hydrogen (secondary N) is 1. The molecule has 22 heavy (non-hydrogen) atoms. The van der Waals surface area contributed by atoms with Gasteiger partial charge in [0.1, 0.15) is 6.61 Å². The van der Waals surface area contributed by atoms with Gasteiger partial charge in [-0.25, -0.2) is 4.79 Å². The van der Waals surface area contributed by atoms with Crippen molar-refractivity contribution in [2.24, 2.45) is 11.3 Å². The standard InChI is InChI=1S/C17H35NO4/c1-15(2)14-18-16(19)22-13-12-21-11-10-20-9-7-6-8-17(3,4)5/h15H,6-14H2,1-5H3,(H,18,19). The summed E-state index contributed by atoms with van der Waals surface area (Å²) in [7, 11) is 0. The van der Waals surface area contributed by atoms with Gasteiger partial charge in [0.05, 0.1) is 19.8 Å². The zero-order valence-corrected chi connectivity index (χ0v) is 15.1. The van der Waals surface area contributed by atoms with E-state index in [0.29, 0.717) is 37.7 Å². The lowest BCUT2D eigenvalue weighted by atomic mass is 9.90. The van der Waals surface area contributed by atoms with Crippen LogP contribution in [0.2, 0.25) is 0 Å². The number of hydrogen-bond acceptors (Lipinski definition) is 4. The fourth-order valence-corrected chi connectivity index (χ4v) is 1.71. The van der Waals surface area contributed by atoms with Crippen molar-refractivity contribution in [1.29, 1.82) is 0 Å². The van der Waals surface area contributed by atoms with Crippen LogP contribution < -0.4 is 5.32 Å². The van der Waals surface area contributed by atoms with Crippen LogP contribution in [0.5, 0.6) is 0 Å². The van der Waals surface area contributed by atoms with Gasteiger partial charge in [-0.15, -0.1) is 0 Å². The van der Waals surface area contributed by atoms with Crippen molar-refractivity contribution in [2.45, 2.75) is 53.9 Å². The SMILES string of the molecule is CC(C)CNC(=O)OCCOCCOCCCCC(C)(C)C. The van der Waals surface area contributed by atoms with Gasteiger partial charge >= 0.3 is 6.09 Å². The maximum atomic E-state index is 11.2. The lowest BCUT2D eigenvalue weighted by molar-refractivity contribution is 0.0268. The van der Waals surface area contributed by atoms with Gasteiger partial charge in [0.2, 0.25) is 0 Å². The molecule has 0 bridgehead atoms. The molecule has 0 aliphatic heterocycles. The predicted octanol–water partition coefficient (Wildman–Crippen LogP) is 3.62. The van der Waals surface area contributed by atoms with Crippen LogP contribution in [0, 0.1) is 11.3 Å². The van der Waals surface area contributed by atoms with E-state index in [2.05, 4.69) is 26.1 Å². The molecule has 0 aliphatic carbocycles. The van der Waals surface area contributed by atoms with Crippen molar-refractivity contribution in [1.82, 2.24) is 5.32 Å². The predicted molar refractivity (Wildman–Crippen MR) is 89.1 cm³/mol. The van der Waals surface area contributed by atoms with Crippen LogP contribution in [0.1, 0.15) is 53.9 Å². The van der Waals surface area contributed by atoms with Crippen LogP contribution in [0.15, 0.2) is 0 Å². The zero-order valence-electron chi connectivity index (χ0n) is 15.1. The van der Waals surface area contributed by atoms with Crippen LogP contribution in [-0.2, 0) is 14.2 Å². The fraction of sp³-hybridized carbons (Fsp3) is 0.941. The van der Waals surface area contributed by atoms with E-state index in [1.54, 1.807) is 0 Å². The Morgan fingerprint density at radius 2 is 1.55 bits per heavy atom. The molecule has 0 radical (unpaired) electrons. The molecule has 0 spiro atoms. The molecule has 1 amide bonds. The van der Waals surface area contributed by atoms with E-state index in [-0.39, 0.29) is 12.7 Å². The van der Waals surface area contributed by atoms with Crippen LogP contribution in [0.25, 0.3) is 0 Å². The average molecular weight is 317 g/mol. The van der Waals surface area contributed by atoms with Crippen molar-refractivity contribution < 1.29 is 19.0 Å². The Bertz CT molecular complexity index is 274. The van der Waals surface area contributed by atoms with Gasteiger partial charge in [-0.1, -0.05) is 41.0 Å². The largest absolute Gasteiger partial charge is 0.447 e.